The van der Waals surface area contributed by atoms with Gasteiger partial charge < -0.3 is 14.2 Å². The van der Waals surface area contributed by atoms with Gasteiger partial charge in [0.15, 0.2) is 0 Å². The quantitative estimate of drug-likeness (QED) is 0.107. The molecule has 4 aliphatic rings. The summed E-state index contributed by atoms with van der Waals surface area (Å²) in [5.41, 5.74) is 2.71. The molecule has 1 unspecified atom stereocenters. The van der Waals surface area contributed by atoms with Crippen molar-refractivity contribution < 1.29 is 28.6 Å². The van der Waals surface area contributed by atoms with Gasteiger partial charge in [-0.05, 0) is 122 Å². The van der Waals surface area contributed by atoms with E-state index in [1.165, 1.54) is 45.4 Å². The number of carbonyl (C=O) groups excluding carboxylic acids is 3. The average molecular weight is 619 g/mol. The van der Waals surface area contributed by atoms with Crippen LogP contribution < -0.4 is 4.74 Å². The van der Waals surface area contributed by atoms with Crippen LogP contribution in [0.2, 0.25) is 0 Å². The molecule has 3 saturated carbocycles. The Kier molecular flexibility index (Phi) is 10.3. The Morgan fingerprint density at radius 2 is 1.76 bits per heavy atom. The van der Waals surface area contributed by atoms with Crippen molar-refractivity contribution in [3.8, 4) is 5.75 Å². The van der Waals surface area contributed by atoms with Gasteiger partial charge in [0.05, 0.1) is 12.2 Å². The van der Waals surface area contributed by atoms with Crippen LogP contribution in [0, 0.1) is 46.3 Å². The zero-order chi connectivity index (χ0) is 32.4. The molecule has 6 nitrogen and oxygen atoms in total. The van der Waals surface area contributed by atoms with Gasteiger partial charge in [-0.3, -0.25) is 4.79 Å². The van der Waals surface area contributed by atoms with Gasteiger partial charge in [0.25, 0.3) is 0 Å². The van der Waals surface area contributed by atoms with Crippen LogP contribution in [0.5, 0.6) is 5.75 Å². The smallest absolute Gasteiger partial charge is 0.338 e. The third-order valence-electron chi connectivity index (χ3n) is 12.5. The lowest BCUT2D eigenvalue weighted by Crippen LogP contribution is -2.51. The van der Waals surface area contributed by atoms with Crippen LogP contribution in [-0.4, -0.2) is 30.6 Å². The number of fused-ring (bicyclic) bond motifs is 5. The van der Waals surface area contributed by atoms with Gasteiger partial charge in [-0.1, -0.05) is 58.8 Å². The van der Waals surface area contributed by atoms with Crippen molar-refractivity contribution in [1.29, 1.82) is 0 Å². The van der Waals surface area contributed by atoms with E-state index in [1.807, 2.05) is 0 Å². The van der Waals surface area contributed by atoms with Crippen LogP contribution in [0.4, 0.5) is 0 Å². The molecule has 0 N–H and O–H groups in total. The number of rotatable bonds is 11. The van der Waals surface area contributed by atoms with Gasteiger partial charge in [-0.15, -0.1) is 0 Å². The second-order valence-electron chi connectivity index (χ2n) is 15.2. The fourth-order valence-corrected chi connectivity index (χ4v) is 10.1. The number of allylic oxidation sites excluding steroid dienone is 1. The molecule has 0 spiro atoms. The minimum absolute atomic E-state index is 0.0631. The Hall–Kier alpha value is -2.89. The molecule has 4 aliphatic carbocycles. The fraction of sp³-hybridized carbons (Fsp3) is 0.667. The number of ether oxygens (including phenoxy) is 3. The summed E-state index contributed by atoms with van der Waals surface area (Å²) in [5, 5.41) is 0. The minimum atomic E-state index is -0.533. The van der Waals surface area contributed by atoms with E-state index in [4.69, 9.17) is 14.2 Å². The summed E-state index contributed by atoms with van der Waals surface area (Å²) in [6.07, 6.45) is 16.8. The largest absolute Gasteiger partial charge is 0.462 e. The lowest BCUT2D eigenvalue weighted by Gasteiger charge is -2.58. The summed E-state index contributed by atoms with van der Waals surface area (Å²) >= 11 is 0. The van der Waals surface area contributed by atoms with E-state index in [-0.39, 0.29) is 23.5 Å². The molecule has 5 rings (SSSR count). The molecule has 0 aromatic heterocycles. The molecule has 6 heteroatoms. The predicted molar refractivity (Wildman–Crippen MR) is 175 cm³/mol. The van der Waals surface area contributed by atoms with Crippen LogP contribution in [0.15, 0.2) is 48.6 Å². The normalized spacial score (nSPS) is 33.4. The number of hydrogen-bond donors (Lipinski definition) is 0. The Morgan fingerprint density at radius 1 is 1.00 bits per heavy atom. The van der Waals surface area contributed by atoms with Crippen molar-refractivity contribution in [3.05, 3.63) is 54.1 Å². The van der Waals surface area contributed by atoms with E-state index in [1.54, 1.807) is 29.8 Å². The lowest BCUT2D eigenvalue weighted by molar-refractivity contribution is -0.148. The molecule has 0 saturated heterocycles. The van der Waals surface area contributed by atoms with Gasteiger partial charge in [-0.2, -0.15) is 0 Å². The van der Waals surface area contributed by atoms with E-state index >= 15 is 0 Å². The van der Waals surface area contributed by atoms with Gasteiger partial charge in [0.2, 0.25) is 0 Å². The lowest BCUT2D eigenvalue weighted by atomic mass is 9.47. The first-order valence-electron chi connectivity index (χ1n) is 17.4. The molecule has 1 aromatic rings. The Labute approximate surface area is 270 Å². The molecule has 0 heterocycles. The number of hydrogen-bond acceptors (Lipinski definition) is 6. The molecule has 3 fully saturated rings. The van der Waals surface area contributed by atoms with Gasteiger partial charge in [-0.25, -0.2) is 9.59 Å². The van der Waals surface area contributed by atoms with Crippen molar-refractivity contribution >= 4 is 17.9 Å². The number of carbonyl (C=O) groups is 3. The molecule has 0 amide bonds. The summed E-state index contributed by atoms with van der Waals surface area (Å²) in [7, 11) is 0. The standard InChI is InChI=1S/C39H54O6/c1-7-36(41)45-30-14-11-28(12-15-30)37(42)43-24-25(2)9-8-10-26(3)33-17-18-34-32-16-13-29-23-31(44-27(4)40)19-21-38(29,5)35(32)20-22-39(33,34)6/h7,11-15,25-26,31-35H,1,8-10,16-24H2,2-6H3/t25?,26-,31+,32+,33-,34+,35+,38+,39-/m1/s1. The molecule has 9 atom stereocenters. The van der Waals surface area contributed by atoms with Crippen molar-refractivity contribution in [1.82, 2.24) is 0 Å². The zero-order valence-corrected chi connectivity index (χ0v) is 28.1. The summed E-state index contributed by atoms with van der Waals surface area (Å²) in [6.45, 7) is 15.1. The number of esters is 3. The van der Waals surface area contributed by atoms with E-state index < -0.39 is 5.97 Å². The Morgan fingerprint density at radius 3 is 2.47 bits per heavy atom. The monoisotopic (exact) mass is 618 g/mol. The zero-order valence-electron chi connectivity index (χ0n) is 28.1. The predicted octanol–water partition coefficient (Wildman–Crippen LogP) is 8.89. The summed E-state index contributed by atoms with van der Waals surface area (Å²) < 4.78 is 16.3. The van der Waals surface area contributed by atoms with E-state index in [0.717, 1.165) is 61.9 Å². The van der Waals surface area contributed by atoms with Crippen LogP contribution in [0.25, 0.3) is 0 Å². The SMILES string of the molecule is C=CC(=O)Oc1ccc(C(=O)OCC(C)CCC[C@@H](C)[C@H]2CC[C@H]3[C@@H]4CC=C5C[C@@H](OC(C)=O)CC[C@]5(C)[C@H]4CC[C@]23C)cc1. The highest BCUT2D eigenvalue weighted by Gasteiger charge is 2.59. The first kappa shape index (κ1) is 33.5. The second-order valence-corrected chi connectivity index (χ2v) is 15.2. The molecular weight excluding hydrogens is 564 g/mol. The highest BCUT2D eigenvalue weighted by molar-refractivity contribution is 5.89. The first-order valence-corrected chi connectivity index (χ1v) is 17.4. The molecule has 1 aromatic carbocycles. The van der Waals surface area contributed by atoms with Crippen molar-refractivity contribution in [3.63, 3.8) is 0 Å². The molecule has 246 valence electrons. The fourth-order valence-electron chi connectivity index (χ4n) is 10.1. The van der Waals surface area contributed by atoms with Crippen molar-refractivity contribution in [2.45, 2.75) is 111 Å². The second kappa shape index (κ2) is 13.8. The maximum atomic E-state index is 12.5. The highest BCUT2D eigenvalue weighted by Crippen LogP contribution is 2.67. The Bertz CT molecular complexity index is 1280. The molecule has 0 bridgehead atoms. The van der Waals surface area contributed by atoms with Crippen molar-refractivity contribution in [2.75, 3.05) is 6.61 Å². The van der Waals surface area contributed by atoms with E-state index in [2.05, 4.69) is 40.3 Å². The van der Waals surface area contributed by atoms with E-state index in [0.29, 0.717) is 35.2 Å². The summed E-state index contributed by atoms with van der Waals surface area (Å²) in [5.74, 6) is 3.47. The van der Waals surface area contributed by atoms with Crippen LogP contribution in [0.1, 0.15) is 116 Å². The average Bonchev–Trinajstić information content (AvgIpc) is 3.37. The van der Waals surface area contributed by atoms with Crippen LogP contribution >= 0.6 is 0 Å². The maximum absolute atomic E-state index is 12.5. The number of benzene rings is 1. The molecule has 0 aliphatic heterocycles. The van der Waals surface area contributed by atoms with E-state index in [9.17, 15) is 14.4 Å². The van der Waals surface area contributed by atoms with Crippen LogP contribution in [0.3, 0.4) is 0 Å². The van der Waals surface area contributed by atoms with Gasteiger partial charge in [0, 0.05) is 19.4 Å². The van der Waals surface area contributed by atoms with Crippen LogP contribution in [-0.2, 0) is 19.1 Å². The summed E-state index contributed by atoms with van der Waals surface area (Å²) in [4.78, 5) is 35.5. The molecular formula is C39H54O6. The van der Waals surface area contributed by atoms with Gasteiger partial charge >= 0.3 is 17.9 Å². The first-order chi connectivity index (χ1) is 21.4. The Balaban J connectivity index is 1.08. The summed E-state index contributed by atoms with van der Waals surface area (Å²) in [6, 6.07) is 6.40. The topological polar surface area (TPSA) is 78.9 Å². The molecule has 0 radical (unpaired) electrons. The molecule has 45 heavy (non-hydrogen) atoms. The third kappa shape index (κ3) is 7.10. The minimum Gasteiger partial charge on any atom is -0.462 e. The van der Waals surface area contributed by atoms with Crippen molar-refractivity contribution in [2.24, 2.45) is 46.3 Å². The third-order valence-corrected chi connectivity index (χ3v) is 12.5. The highest BCUT2D eigenvalue weighted by atomic mass is 16.5. The maximum Gasteiger partial charge on any atom is 0.338 e. The van der Waals surface area contributed by atoms with Gasteiger partial charge in [0.1, 0.15) is 11.9 Å².